The molecule has 4 fully saturated rings. The quantitative estimate of drug-likeness (QED) is 0.306. The Morgan fingerprint density at radius 2 is 1.53 bits per heavy atom. The van der Waals surface area contributed by atoms with Crippen LogP contribution in [0.1, 0.15) is 91.4 Å². The zero-order chi connectivity index (χ0) is 23.9. The van der Waals surface area contributed by atoms with Crippen LogP contribution in [-0.4, -0.2) is 34.2 Å². The SMILES string of the molecule is CC[C@@]1(O)C(=O)C(=O)[C@H]2[C@@H]3CCC4CCCC[C@]4(C)[C@H]3CC[C@@]21C.O=C([O-])CCC(=O)[O-].[Na+].[Na+]. The summed E-state index contributed by atoms with van der Waals surface area (Å²) < 4.78 is 0. The van der Waals surface area contributed by atoms with E-state index in [0.717, 1.165) is 25.2 Å². The number of carbonyl (C=O) groups is 4. The van der Waals surface area contributed by atoms with Crippen LogP contribution in [0.15, 0.2) is 0 Å². The number of Topliss-reactive ketones (excluding diaryl/α,β-unsaturated/α-hetero) is 2. The molecule has 0 aromatic rings. The van der Waals surface area contributed by atoms with Gasteiger partial charge in [-0.05, 0) is 81.0 Å². The topological polar surface area (TPSA) is 135 Å². The zero-order valence-corrected chi connectivity index (χ0v) is 25.5. The summed E-state index contributed by atoms with van der Waals surface area (Å²) in [4.78, 5) is 44.6. The summed E-state index contributed by atoms with van der Waals surface area (Å²) in [5.41, 5.74) is -1.63. The van der Waals surface area contributed by atoms with Gasteiger partial charge < -0.3 is 24.9 Å². The monoisotopic (exact) mass is 494 g/mol. The molecule has 4 aliphatic rings. The first-order valence-corrected chi connectivity index (χ1v) is 12.1. The molecule has 4 saturated carbocycles. The third-order valence-electron chi connectivity index (χ3n) is 9.62. The van der Waals surface area contributed by atoms with Crippen molar-refractivity contribution in [2.75, 3.05) is 0 Å². The molecular formula is C25H36Na2O7. The van der Waals surface area contributed by atoms with Crippen molar-refractivity contribution < 1.29 is 93.6 Å². The summed E-state index contributed by atoms with van der Waals surface area (Å²) in [6.45, 7) is 6.34. The fourth-order valence-corrected chi connectivity index (χ4v) is 7.82. The number of rotatable bonds is 4. The predicted molar refractivity (Wildman–Crippen MR) is 112 cm³/mol. The van der Waals surface area contributed by atoms with Crippen molar-refractivity contribution >= 4 is 23.5 Å². The van der Waals surface area contributed by atoms with Gasteiger partial charge in [0.05, 0.1) is 0 Å². The number of hydrogen-bond donors (Lipinski definition) is 1. The molecule has 0 heterocycles. The second kappa shape index (κ2) is 12.2. The summed E-state index contributed by atoms with van der Waals surface area (Å²) in [5.74, 6) is -2.06. The number of aliphatic hydroxyl groups is 1. The van der Waals surface area contributed by atoms with Crippen LogP contribution < -0.4 is 69.3 Å². The van der Waals surface area contributed by atoms with Crippen LogP contribution in [0.3, 0.4) is 0 Å². The van der Waals surface area contributed by atoms with Crippen molar-refractivity contribution in [1.29, 1.82) is 0 Å². The minimum absolute atomic E-state index is 0. The van der Waals surface area contributed by atoms with E-state index in [1.165, 1.54) is 32.1 Å². The zero-order valence-electron chi connectivity index (χ0n) is 21.5. The molecule has 7 nitrogen and oxygen atoms in total. The third kappa shape index (κ3) is 5.41. The van der Waals surface area contributed by atoms with E-state index in [2.05, 4.69) is 6.92 Å². The van der Waals surface area contributed by atoms with Crippen LogP contribution in [0.5, 0.6) is 0 Å². The molecule has 34 heavy (non-hydrogen) atoms. The van der Waals surface area contributed by atoms with Crippen molar-refractivity contribution in [1.82, 2.24) is 0 Å². The van der Waals surface area contributed by atoms with Gasteiger partial charge in [-0.3, -0.25) is 9.59 Å². The van der Waals surface area contributed by atoms with Crippen molar-refractivity contribution in [3.63, 3.8) is 0 Å². The van der Waals surface area contributed by atoms with Crippen LogP contribution in [0, 0.1) is 34.5 Å². The molecule has 9 heteroatoms. The Hall–Kier alpha value is 0.240. The maximum atomic E-state index is 12.9. The van der Waals surface area contributed by atoms with Crippen LogP contribution in [0.4, 0.5) is 0 Å². The van der Waals surface area contributed by atoms with Gasteiger partial charge in [0.2, 0.25) is 11.6 Å². The Balaban J connectivity index is 0.000000505. The number of carboxylic acids is 2. The molecule has 0 saturated heterocycles. The van der Waals surface area contributed by atoms with Crippen molar-refractivity contribution in [3.8, 4) is 0 Å². The van der Waals surface area contributed by atoms with Gasteiger partial charge in [0.1, 0.15) is 5.60 Å². The minimum Gasteiger partial charge on any atom is -0.550 e. The van der Waals surface area contributed by atoms with Gasteiger partial charge in [-0.25, -0.2) is 0 Å². The fourth-order valence-electron chi connectivity index (χ4n) is 7.82. The molecule has 180 valence electrons. The molecule has 4 rings (SSSR count). The van der Waals surface area contributed by atoms with Gasteiger partial charge in [0, 0.05) is 23.3 Å². The molecule has 0 bridgehead atoms. The second-order valence-corrected chi connectivity index (χ2v) is 10.9. The maximum Gasteiger partial charge on any atom is 1.00 e. The molecule has 7 atom stereocenters. The van der Waals surface area contributed by atoms with Gasteiger partial charge in [-0.15, -0.1) is 0 Å². The van der Waals surface area contributed by atoms with Gasteiger partial charge in [-0.1, -0.05) is 33.6 Å². The average Bonchev–Trinajstić information content (AvgIpc) is 2.90. The van der Waals surface area contributed by atoms with Crippen molar-refractivity contribution in [3.05, 3.63) is 0 Å². The van der Waals surface area contributed by atoms with E-state index in [-0.39, 0.29) is 70.8 Å². The van der Waals surface area contributed by atoms with E-state index in [1.807, 2.05) is 13.8 Å². The van der Waals surface area contributed by atoms with E-state index in [1.54, 1.807) is 0 Å². The second-order valence-electron chi connectivity index (χ2n) is 10.9. The van der Waals surface area contributed by atoms with Gasteiger partial charge in [0.15, 0.2) is 0 Å². The number of fused-ring (bicyclic) bond motifs is 5. The van der Waals surface area contributed by atoms with Gasteiger partial charge in [-0.2, -0.15) is 0 Å². The molecular weight excluding hydrogens is 458 g/mol. The van der Waals surface area contributed by atoms with E-state index < -0.39 is 41.6 Å². The summed E-state index contributed by atoms with van der Waals surface area (Å²) in [7, 11) is 0. The Labute approximate surface area is 246 Å². The largest absolute Gasteiger partial charge is 1.00 e. The molecule has 4 aliphatic carbocycles. The van der Waals surface area contributed by atoms with E-state index >= 15 is 0 Å². The van der Waals surface area contributed by atoms with Crippen molar-refractivity contribution in [2.24, 2.45) is 34.5 Å². The Morgan fingerprint density at radius 3 is 2.06 bits per heavy atom. The van der Waals surface area contributed by atoms with E-state index in [4.69, 9.17) is 0 Å². The molecule has 0 aromatic carbocycles. The molecule has 0 amide bonds. The predicted octanol–water partition coefficient (Wildman–Crippen LogP) is -4.81. The normalized spacial score (nSPS) is 40.2. The van der Waals surface area contributed by atoms with E-state index in [9.17, 15) is 34.5 Å². The smallest absolute Gasteiger partial charge is 0.550 e. The number of ketones is 2. The minimum atomic E-state index is -1.43. The first-order chi connectivity index (χ1) is 14.9. The van der Waals surface area contributed by atoms with Crippen LogP contribution >= 0.6 is 0 Å². The molecule has 0 radical (unpaired) electrons. The summed E-state index contributed by atoms with van der Waals surface area (Å²) in [6, 6.07) is 0. The summed E-state index contributed by atoms with van der Waals surface area (Å²) in [6.07, 6.45) is 8.88. The Bertz CT molecular complexity index is 788. The summed E-state index contributed by atoms with van der Waals surface area (Å²) >= 11 is 0. The standard InChI is InChI=1S/C21H32O3.C4H6O4.2Na/c1-4-21(24)18(23)17(22)16-14-9-8-13-7-5-6-11-19(13,2)15(14)10-12-20(16,21)3;5-3(6)1-2-4(7)8;;/h13-16,24H,4-12H2,1-3H3;1-2H2,(H,5,6)(H,7,8);;/q;;2*+1/p-2/t13?,14-,15+,16-,19+,20+,21-;;;/m1.../s1. The fraction of sp³-hybridized carbons (Fsp3) is 0.840. The first kappa shape index (κ1) is 32.3. The van der Waals surface area contributed by atoms with Gasteiger partial charge in [0.25, 0.3) is 0 Å². The third-order valence-corrected chi connectivity index (χ3v) is 9.62. The van der Waals surface area contributed by atoms with Crippen LogP contribution in [-0.2, 0) is 19.2 Å². The first-order valence-electron chi connectivity index (χ1n) is 12.1. The maximum absolute atomic E-state index is 12.9. The molecule has 1 N–H and O–H groups in total. The van der Waals surface area contributed by atoms with Crippen molar-refractivity contribution in [2.45, 2.75) is 97.0 Å². The number of hydrogen-bond acceptors (Lipinski definition) is 7. The van der Waals surface area contributed by atoms with E-state index in [0.29, 0.717) is 23.7 Å². The Kier molecular flexibility index (Phi) is 11.6. The molecule has 0 spiro atoms. The number of carbonyl (C=O) groups excluding carboxylic acids is 4. The average molecular weight is 495 g/mol. The molecule has 0 aliphatic heterocycles. The number of carboxylic acid groups (broad SMARTS) is 2. The Morgan fingerprint density at radius 1 is 0.941 bits per heavy atom. The molecule has 0 aromatic heterocycles. The van der Waals surface area contributed by atoms with Gasteiger partial charge >= 0.3 is 59.1 Å². The van der Waals surface area contributed by atoms with Crippen LogP contribution in [0.2, 0.25) is 0 Å². The number of aliphatic carboxylic acids is 2. The van der Waals surface area contributed by atoms with Crippen LogP contribution in [0.25, 0.3) is 0 Å². The summed E-state index contributed by atoms with van der Waals surface area (Å²) in [5, 5.41) is 30.1. The molecule has 1 unspecified atom stereocenters.